The second-order valence-corrected chi connectivity index (χ2v) is 8.25. The fraction of sp³-hybridized carbons (Fsp3) is 0.375. The maximum atomic E-state index is 4.85. The van der Waals surface area contributed by atoms with Crippen LogP contribution < -0.4 is 0 Å². The van der Waals surface area contributed by atoms with Gasteiger partial charge in [0.15, 0.2) is 0 Å². The zero-order valence-corrected chi connectivity index (χ0v) is 17.1. The lowest BCUT2D eigenvalue weighted by Crippen LogP contribution is -2.05. The van der Waals surface area contributed by atoms with Crippen LogP contribution in [0.4, 0.5) is 0 Å². The number of benzene rings is 2. The molecule has 0 radical (unpaired) electrons. The Morgan fingerprint density at radius 1 is 1.00 bits per heavy atom. The van der Waals surface area contributed by atoms with Gasteiger partial charge >= 0.3 is 0 Å². The minimum absolute atomic E-state index is 0.821. The number of rotatable bonds is 5. The molecule has 0 saturated carbocycles. The van der Waals surface area contributed by atoms with Gasteiger partial charge in [0, 0.05) is 18.5 Å². The molecular formula is C24H29NS. The lowest BCUT2D eigenvalue weighted by Gasteiger charge is -2.16. The summed E-state index contributed by atoms with van der Waals surface area (Å²) in [7, 11) is 0. The van der Waals surface area contributed by atoms with Gasteiger partial charge in [-0.15, -0.1) is 11.8 Å². The number of aryl methyl sites for hydroxylation is 4. The number of thioether (sulfide) groups is 1. The van der Waals surface area contributed by atoms with Crippen LogP contribution >= 0.6 is 11.8 Å². The highest BCUT2D eigenvalue weighted by molar-refractivity contribution is 8.13. The third-order valence-electron chi connectivity index (χ3n) is 5.19. The lowest BCUT2D eigenvalue weighted by molar-refractivity contribution is 0.685. The average Bonchev–Trinajstić information content (AvgIpc) is 2.64. The maximum absolute atomic E-state index is 4.85. The summed E-state index contributed by atoms with van der Waals surface area (Å²) in [6.07, 6.45) is 8.97. The van der Waals surface area contributed by atoms with Gasteiger partial charge in [0.2, 0.25) is 0 Å². The number of nitrogens with zero attached hydrogens (tertiary/aromatic N) is 1. The number of aliphatic imine (C=N–C) groups is 1. The normalized spacial score (nSPS) is 14.2. The van der Waals surface area contributed by atoms with E-state index in [9.17, 15) is 0 Å². The first kappa shape index (κ1) is 19.0. The molecule has 0 unspecified atom stereocenters. The summed E-state index contributed by atoms with van der Waals surface area (Å²) >= 11 is 1.74. The number of hydrogen-bond donors (Lipinski definition) is 0. The van der Waals surface area contributed by atoms with E-state index in [1.54, 1.807) is 22.9 Å². The first-order valence-electron chi connectivity index (χ1n) is 9.51. The molecule has 0 atom stereocenters. The van der Waals surface area contributed by atoms with Crippen LogP contribution in [-0.2, 0) is 25.7 Å². The van der Waals surface area contributed by atoms with Crippen molar-refractivity contribution < 1.29 is 0 Å². The van der Waals surface area contributed by atoms with Gasteiger partial charge in [-0.2, -0.15) is 0 Å². The van der Waals surface area contributed by atoms with Crippen molar-refractivity contribution in [2.45, 2.75) is 52.4 Å². The molecule has 0 heterocycles. The van der Waals surface area contributed by atoms with Crippen LogP contribution in [0.3, 0.4) is 0 Å². The maximum Gasteiger partial charge on any atom is 0.0775 e. The van der Waals surface area contributed by atoms with Gasteiger partial charge < -0.3 is 0 Å². The summed E-state index contributed by atoms with van der Waals surface area (Å²) < 4.78 is 0. The molecule has 1 nitrogen and oxygen atoms in total. The Labute approximate surface area is 162 Å². The van der Waals surface area contributed by atoms with E-state index in [0.29, 0.717) is 0 Å². The van der Waals surface area contributed by atoms with Crippen molar-refractivity contribution in [3.05, 3.63) is 82.1 Å². The van der Waals surface area contributed by atoms with E-state index in [1.807, 2.05) is 0 Å². The molecule has 0 saturated heterocycles. The third kappa shape index (κ3) is 4.88. The largest absolute Gasteiger partial charge is 0.251 e. The van der Waals surface area contributed by atoms with E-state index in [2.05, 4.69) is 63.1 Å². The van der Waals surface area contributed by atoms with Gasteiger partial charge in [-0.05, 0) is 73.6 Å². The van der Waals surface area contributed by atoms with Crippen molar-refractivity contribution >= 4 is 16.8 Å². The van der Waals surface area contributed by atoms with Crippen molar-refractivity contribution in [1.29, 1.82) is 0 Å². The minimum Gasteiger partial charge on any atom is -0.251 e. The smallest absolute Gasteiger partial charge is 0.0775 e. The zero-order valence-electron chi connectivity index (χ0n) is 16.3. The molecule has 0 fully saturated rings. The van der Waals surface area contributed by atoms with Crippen LogP contribution in [0.1, 0.15) is 46.2 Å². The Bertz CT molecular complexity index is 832. The van der Waals surface area contributed by atoms with Gasteiger partial charge in [0.1, 0.15) is 0 Å². The molecule has 2 aromatic rings. The first-order chi connectivity index (χ1) is 12.5. The molecular weight excluding hydrogens is 334 g/mol. The van der Waals surface area contributed by atoms with Crippen LogP contribution in [-0.4, -0.2) is 11.3 Å². The van der Waals surface area contributed by atoms with E-state index in [-0.39, 0.29) is 0 Å². The van der Waals surface area contributed by atoms with E-state index in [1.165, 1.54) is 47.9 Å². The lowest BCUT2D eigenvalue weighted by atomic mass is 9.90. The van der Waals surface area contributed by atoms with Gasteiger partial charge in [-0.3, -0.25) is 4.99 Å². The van der Waals surface area contributed by atoms with Crippen molar-refractivity contribution in [2.75, 3.05) is 6.26 Å². The van der Waals surface area contributed by atoms with Crippen molar-refractivity contribution in [2.24, 2.45) is 4.99 Å². The molecule has 3 rings (SSSR count). The highest BCUT2D eigenvalue weighted by Gasteiger charge is 2.11. The van der Waals surface area contributed by atoms with Crippen molar-refractivity contribution in [3.63, 3.8) is 0 Å². The number of fused-ring (bicyclic) bond motifs is 1. The minimum atomic E-state index is 0.821. The van der Waals surface area contributed by atoms with Crippen LogP contribution in [0.2, 0.25) is 0 Å². The Kier molecular flexibility index (Phi) is 6.37. The fourth-order valence-corrected chi connectivity index (χ4v) is 4.19. The summed E-state index contributed by atoms with van der Waals surface area (Å²) in [4.78, 5) is 4.85. The molecule has 26 heavy (non-hydrogen) atoms. The van der Waals surface area contributed by atoms with Crippen LogP contribution in [0, 0.1) is 13.8 Å². The predicted octanol–water partition coefficient (Wildman–Crippen LogP) is 6.24. The highest BCUT2D eigenvalue weighted by Crippen LogP contribution is 2.23. The zero-order chi connectivity index (χ0) is 18.5. The topological polar surface area (TPSA) is 12.4 Å². The number of hydrogen-bond acceptors (Lipinski definition) is 2. The molecule has 0 N–H and O–H groups in total. The van der Waals surface area contributed by atoms with Gasteiger partial charge in [0.05, 0.1) is 5.04 Å². The summed E-state index contributed by atoms with van der Waals surface area (Å²) in [5, 5.41) is 1.15. The van der Waals surface area contributed by atoms with Gasteiger partial charge in [-0.25, -0.2) is 0 Å². The van der Waals surface area contributed by atoms with E-state index in [0.717, 1.165) is 23.6 Å². The third-order valence-corrected chi connectivity index (χ3v) is 5.89. The molecule has 0 amide bonds. The van der Waals surface area contributed by atoms with Crippen LogP contribution in [0.15, 0.2) is 53.7 Å². The van der Waals surface area contributed by atoms with Crippen LogP contribution in [0.5, 0.6) is 0 Å². The predicted molar refractivity (Wildman–Crippen MR) is 116 cm³/mol. The monoisotopic (exact) mass is 363 g/mol. The Balaban J connectivity index is 1.71. The van der Waals surface area contributed by atoms with Gasteiger partial charge in [-0.1, -0.05) is 48.5 Å². The average molecular weight is 364 g/mol. The Morgan fingerprint density at radius 2 is 1.77 bits per heavy atom. The second kappa shape index (κ2) is 8.73. The summed E-state index contributed by atoms with van der Waals surface area (Å²) in [6, 6.07) is 13.6. The van der Waals surface area contributed by atoms with Gasteiger partial charge in [0.25, 0.3) is 0 Å². The standard InChI is InChI=1S/C24H29NS/c1-17-9-10-18(2)23(13-17)14-19(3)25-24(26-4)16-20-11-12-21-7-5-6-8-22(21)15-20/h9-13,15H,3,5-8,14,16H2,1-2,4H3. The number of allylic oxidation sites excluding steroid dienone is 1. The Hall–Kier alpha value is -1.80. The molecule has 0 aliphatic heterocycles. The van der Waals surface area contributed by atoms with Crippen molar-refractivity contribution in [3.8, 4) is 0 Å². The quantitative estimate of drug-likeness (QED) is 0.452. The summed E-state index contributed by atoms with van der Waals surface area (Å²) in [5.74, 6) is 0. The molecule has 1 aliphatic carbocycles. The summed E-state index contributed by atoms with van der Waals surface area (Å²) in [6.45, 7) is 8.52. The highest BCUT2D eigenvalue weighted by atomic mass is 32.2. The molecule has 2 aromatic carbocycles. The SMILES string of the molecule is C=C(Cc1cc(C)ccc1C)N=C(Cc1ccc2c(c1)CCCC2)SC. The molecule has 136 valence electrons. The van der Waals surface area contributed by atoms with Crippen molar-refractivity contribution in [1.82, 2.24) is 0 Å². The van der Waals surface area contributed by atoms with Crippen LogP contribution in [0.25, 0.3) is 0 Å². The van der Waals surface area contributed by atoms with E-state index in [4.69, 9.17) is 4.99 Å². The summed E-state index contributed by atoms with van der Waals surface area (Å²) in [5.41, 5.74) is 9.34. The molecule has 0 aromatic heterocycles. The molecule has 2 heteroatoms. The second-order valence-electron chi connectivity index (χ2n) is 7.37. The molecule has 1 aliphatic rings. The Morgan fingerprint density at radius 3 is 2.54 bits per heavy atom. The van der Waals surface area contributed by atoms with E-state index >= 15 is 0 Å². The fourth-order valence-electron chi connectivity index (χ4n) is 3.66. The first-order valence-corrected chi connectivity index (χ1v) is 10.7. The van der Waals surface area contributed by atoms with E-state index < -0.39 is 0 Å². The molecule has 0 bridgehead atoms. The molecule has 0 spiro atoms.